The monoisotopic (exact) mass is 161 g/mol. The van der Waals surface area contributed by atoms with Crippen LogP contribution in [0.3, 0.4) is 0 Å². The topological polar surface area (TPSA) is 41.6 Å². The molecule has 1 aromatic rings. The van der Waals surface area contributed by atoms with Crippen molar-refractivity contribution in [2.45, 2.75) is 25.8 Å². The van der Waals surface area contributed by atoms with Gasteiger partial charge in [0.15, 0.2) is 0 Å². The average molecular weight is 161 g/mol. The SMILES string of the molecule is N#CCc1ccnn1CC1CC1. The van der Waals surface area contributed by atoms with Gasteiger partial charge in [-0.3, -0.25) is 4.68 Å². The number of hydrogen-bond acceptors (Lipinski definition) is 2. The Bertz CT molecular complexity index is 304. The van der Waals surface area contributed by atoms with E-state index in [1.54, 1.807) is 6.20 Å². The maximum absolute atomic E-state index is 8.52. The lowest BCUT2D eigenvalue weighted by Crippen LogP contribution is -2.05. The van der Waals surface area contributed by atoms with Gasteiger partial charge in [0, 0.05) is 12.7 Å². The Hall–Kier alpha value is -1.30. The van der Waals surface area contributed by atoms with E-state index < -0.39 is 0 Å². The number of nitrogens with zero attached hydrogens (tertiary/aromatic N) is 3. The largest absolute Gasteiger partial charge is 0.268 e. The van der Waals surface area contributed by atoms with E-state index in [1.165, 1.54) is 12.8 Å². The minimum absolute atomic E-state index is 0.479. The molecule has 0 aliphatic heterocycles. The minimum Gasteiger partial charge on any atom is -0.268 e. The Morgan fingerprint density at radius 2 is 2.50 bits per heavy atom. The summed E-state index contributed by atoms with van der Waals surface area (Å²) in [5, 5.41) is 12.7. The number of aromatic nitrogens is 2. The molecule has 1 aliphatic rings. The van der Waals surface area contributed by atoms with Crippen LogP contribution >= 0.6 is 0 Å². The van der Waals surface area contributed by atoms with Crippen molar-refractivity contribution in [1.82, 2.24) is 9.78 Å². The molecule has 0 radical (unpaired) electrons. The van der Waals surface area contributed by atoms with E-state index in [-0.39, 0.29) is 0 Å². The van der Waals surface area contributed by atoms with Crippen LogP contribution in [0.4, 0.5) is 0 Å². The van der Waals surface area contributed by atoms with Gasteiger partial charge in [0.1, 0.15) is 0 Å². The normalized spacial score (nSPS) is 15.9. The lowest BCUT2D eigenvalue weighted by atomic mass is 10.3. The highest BCUT2D eigenvalue weighted by Gasteiger charge is 2.22. The van der Waals surface area contributed by atoms with E-state index >= 15 is 0 Å². The summed E-state index contributed by atoms with van der Waals surface area (Å²) in [6.45, 7) is 1.00. The van der Waals surface area contributed by atoms with E-state index in [9.17, 15) is 0 Å². The van der Waals surface area contributed by atoms with Crippen molar-refractivity contribution in [3.05, 3.63) is 18.0 Å². The second-order valence-corrected chi connectivity index (χ2v) is 3.28. The van der Waals surface area contributed by atoms with Gasteiger partial charge in [-0.15, -0.1) is 0 Å². The van der Waals surface area contributed by atoms with Crippen molar-refractivity contribution in [2.24, 2.45) is 5.92 Å². The molecule has 0 N–H and O–H groups in total. The first-order chi connectivity index (χ1) is 5.90. The van der Waals surface area contributed by atoms with Gasteiger partial charge < -0.3 is 0 Å². The van der Waals surface area contributed by atoms with Crippen LogP contribution in [-0.4, -0.2) is 9.78 Å². The maximum atomic E-state index is 8.52. The van der Waals surface area contributed by atoms with Crippen LogP contribution in [0.25, 0.3) is 0 Å². The van der Waals surface area contributed by atoms with Gasteiger partial charge >= 0.3 is 0 Å². The highest BCUT2D eigenvalue weighted by molar-refractivity contribution is 5.06. The third kappa shape index (κ3) is 1.48. The maximum Gasteiger partial charge on any atom is 0.0771 e. The Kier molecular flexibility index (Phi) is 1.83. The summed E-state index contributed by atoms with van der Waals surface area (Å²) in [5.74, 6) is 0.822. The molecule has 1 saturated carbocycles. The van der Waals surface area contributed by atoms with Gasteiger partial charge in [0.2, 0.25) is 0 Å². The number of hydrogen-bond donors (Lipinski definition) is 0. The molecule has 1 aromatic heterocycles. The van der Waals surface area contributed by atoms with Crippen LogP contribution in [0.1, 0.15) is 18.5 Å². The lowest BCUT2D eigenvalue weighted by Gasteiger charge is -2.02. The number of nitriles is 1. The zero-order valence-electron chi connectivity index (χ0n) is 6.90. The molecule has 0 amide bonds. The van der Waals surface area contributed by atoms with Crippen molar-refractivity contribution in [3.8, 4) is 6.07 Å². The van der Waals surface area contributed by atoms with Crippen molar-refractivity contribution in [3.63, 3.8) is 0 Å². The van der Waals surface area contributed by atoms with Gasteiger partial charge in [-0.1, -0.05) is 0 Å². The average Bonchev–Trinajstić information content (AvgIpc) is 2.76. The van der Waals surface area contributed by atoms with Crippen LogP contribution in [0.15, 0.2) is 12.3 Å². The second-order valence-electron chi connectivity index (χ2n) is 3.28. The Morgan fingerprint density at radius 3 is 3.17 bits per heavy atom. The fourth-order valence-corrected chi connectivity index (χ4v) is 1.30. The first-order valence-corrected chi connectivity index (χ1v) is 4.28. The van der Waals surface area contributed by atoms with Crippen LogP contribution in [-0.2, 0) is 13.0 Å². The molecular weight excluding hydrogens is 150 g/mol. The smallest absolute Gasteiger partial charge is 0.0771 e. The predicted molar refractivity (Wildman–Crippen MR) is 44.3 cm³/mol. The van der Waals surface area contributed by atoms with Crippen LogP contribution < -0.4 is 0 Å². The van der Waals surface area contributed by atoms with Crippen molar-refractivity contribution in [1.29, 1.82) is 5.26 Å². The molecule has 62 valence electrons. The minimum atomic E-state index is 0.479. The standard InChI is InChI=1S/C9H11N3/c10-5-3-9-4-6-11-12(9)7-8-1-2-8/h4,6,8H,1-3,7H2. The summed E-state index contributed by atoms with van der Waals surface area (Å²) < 4.78 is 1.96. The van der Waals surface area contributed by atoms with E-state index in [4.69, 9.17) is 5.26 Å². The Labute approximate surface area is 71.6 Å². The molecule has 1 aliphatic carbocycles. The zero-order valence-corrected chi connectivity index (χ0v) is 6.90. The molecule has 1 fully saturated rings. The van der Waals surface area contributed by atoms with Crippen molar-refractivity contribution < 1.29 is 0 Å². The molecule has 0 atom stereocenters. The van der Waals surface area contributed by atoms with E-state index in [1.807, 2.05) is 10.7 Å². The summed E-state index contributed by atoms with van der Waals surface area (Å²) in [6, 6.07) is 4.07. The van der Waals surface area contributed by atoms with Gasteiger partial charge in [-0.25, -0.2) is 0 Å². The highest BCUT2D eigenvalue weighted by Crippen LogP contribution is 2.30. The summed E-state index contributed by atoms with van der Waals surface area (Å²) in [5.41, 5.74) is 1.05. The molecule has 0 aromatic carbocycles. The first kappa shape index (κ1) is 7.35. The van der Waals surface area contributed by atoms with Crippen LogP contribution in [0.5, 0.6) is 0 Å². The molecule has 0 unspecified atom stereocenters. The highest BCUT2D eigenvalue weighted by atomic mass is 15.3. The van der Waals surface area contributed by atoms with E-state index in [2.05, 4.69) is 11.2 Å². The third-order valence-corrected chi connectivity index (χ3v) is 2.19. The van der Waals surface area contributed by atoms with E-state index in [0.29, 0.717) is 6.42 Å². The first-order valence-electron chi connectivity index (χ1n) is 4.28. The summed E-state index contributed by atoms with van der Waals surface area (Å²) >= 11 is 0. The number of rotatable bonds is 3. The molecule has 2 rings (SSSR count). The summed E-state index contributed by atoms with van der Waals surface area (Å²) in [7, 11) is 0. The third-order valence-electron chi connectivity index (χ3n) is 2.19. The van der Waals surface area contributed by atoms with Crippen LogP contribution in [0, 0.1) is 17.2 Å². The molecule has 12 heavy (non-hydrogen) atoms. The van der Waals surface area contributed by atoms with Crippen molar-refractivity contribution >= 4 is 0 Å². The summed E-state index contributed by atoms with van der Waals surface area (Å²) in [4.78, 5) is 0. The summed E-state index contributed by atoms with van der Waals surface area (Å²) in [6.07, 6.45) is 4.90. The molecule has 3 heteroatoms. The van der Waals surface area contributed by atoms with E-state index in [0.717, 1.165) is 18.2 Å². The zero-order chi connectivity index (χ0) is 8.39. The Balaban J connectivity index is 2.07. The second kappa shape index (κ2) is 2.98. The van der Waals surface area contributed by atoms with Crippen LogP contribution in [0.2, 0.25) is 0 Å². The molecular formula is C9H11N3. The quantitative estimate of drug-likeness (QED) is 0.671. The van der Waals surface area contributed by atoms with Gasteiger partial charge in [-0.2, -0.15) is 10.4 Å². The predicted octanol–water partition coefficient (Wildman–Crippen LogP) is 1.36. The Morgan fingerprint density at radius 1 is 1.67 bits per heavy atom. The fraction of sp³-hybridized carbons (Fsp3) is 0.556. The fourth-order valence-electron chi connectivity index (χ4n) is 1.30. The molecule has 1 heterocycles. The molecule has 0 bridgehead atoms. The molecule has 0 saturated heterocycles. The molecule has 3 nitrogen and oxygen atoms in total. The van der Waals surface area contributed by atoms with Crippen molar-refractivity contribution in [2.75, 3.05) is 0 Å². The molecule has 0 spiro atoms. The van der Waals surface area contributed by atoms with Gasteiger partial charge in [0.25, 0.3) is 0 Å². The van der Waals surface area contributed by atoms with Gasteiger partial charge in [0.05, 0.1) is 18.2 Å². The van der Waals surface area contributed by atoms with Gasteiger partial charge in [-0.05, 0) is 24.8 Å². The lowest BCUT2D eigenvalue weighted by molar-refractivity contribution is 0.546.